The van der Waals surface area contributed by atoms with Crippen LogP contribution in [0.4, 0.5) is 20.4 Å². The summed E-state index contributed by atoms with van der Waals surface area (Å²) in [5, 5.41) is 4.05. The summed E-state index contributed by atoms with van der Waals surface area (Å²) in [7, 11) is -3.15. The molecule has 1 saturated carbocycles. The van der Waals surface area contributed by atoms with Gasteiger partial charge in [-0.2, -0.15) is 0 Å². The molecule has 3 heterocycles. The fourth-order valence-electron chi connectivity index (χ4n) is 5.73. The Morgan fingerprint density at radius 2 is 1.82 bits per heavy atom. The van der Waals surface area contributed by atoms with Gasteiger partial charge in [-0.25, -0.2) is 36.7 Å². The van der Waals surface area contributed by atoms with Crippen LogP contribution in [0.1, 0.15) is 25.7 Å². The molecule has 0 radical (unpaired) electrons. The van der Waals surface area contributed by atoms with Gasteiger partial charge in [0.1, 0.15) is 25.2 Å². The van der Waals surface area contributed by atoms with E-state index in [1.165, 1.54) is 19.4 Å². The summed E-state index contributed by atoms with van der Waals surface area (Å²) in [6.07, 6.45) is 9.37. The molecule has 236 valence electrons. The molecular formula is C31H32ClF2N6O4S+. The van der Waals surface area contributed by atoms with E-state index in [9.17, 15) is 8.42 Å². The average molecular weight is 658 g/mol. The van der Waals surface area contributed by atoms with Crippen molar-refractivity contribution >= 4 is 50.4 Å². The number of benzene rings is 2. The smallest absolute Gasteiger partial charge is 0.267 e. The number of hydrogen-bond donors (Lipinski definition) is 2. The molecule has 2 N–H and O–H groups in total. The zero-order chi connectivity index (χ0) is 31.6. The van der Waals surface area contributed by atoms with Gasteiger partial charge >= 0.3 is 0 Å². The molecule has 6 rings (SSSR count). The van der Waals surface area contributed by atoms with Gasteiger partial charge in [0, 0.05) is 29.7 Å². The first-order chi connectivity index (χ1) is 21.7. The van der Waals surface area contributed by atoms with E-state index in [2.05, 4.69) is 35.8 Å². The standard InChI is InChI=1S/C31H32ClF2N6O4S/c1-43-30-27(15-22(32)17-35-30)45(41,42)39-26-9-7-24(33)28(29(26)34)20-4-8-25-21(14-20)16-36-31(38-25)37-23-5-2-19(3-6-23)18-40-10-12-44-13-11-40/h4,7-9,14-19,23,39H,2-3,5-6,10-13H2,1H3,(H,36,37,38)/q+1. The first-order valence-electron chi connectivity index (χ1n) is 14.6. The number of fused-ring (bicyclic) bond motifs is 1. The topological polar surface area (TPSA) is 118 Å². The number of methoxy groups -OCH3 is 1. The highest BCUT2D eigenvalue weighted by molar-refractivity contribution is 7.92. The molecule has 0 spiro atoms. The fraction of sp³-hybridized carbons (Fsp3) is 0.355. The number of sulfonamides is 1. The van der Waals surface area contributed by atoms with Gasteiger partial charge in [0.25, 0.3) is 10.0 Å². The highest BCUT2D eigenvalue weighted by Crippen LogP contribution is 2.34. The average Bonchev–Trinajstić information content (AvgIpc) is 3.04. The van der Waals surface area contributed by atoms with Crippen LogP contribution in [-0.2, 0) is 14.8 Å². The number of rotatable bonds is 8. The number of morpholine rings is 1. The molecule has 2 aromatic carbocycles. The minimum Gasteiger partial charge on any atom is -0.480 e. The van der Waals surface area contributed by atoms with E-state index < -0.39 is 37.8 Å². The highest BCUT2D eigenvalue weighted by Gasteiger charge is 2.26. The maximum Gasteiger partial charge on any atom is 0.267 e. The maximum atomic E-state index is 15.7. The van der Waals surface area contributed by atoms with E-state index in [1.807, 2.05) is 0 Å². The number of nitrogens with one attached hydrogen (secondary N) is 2. The molecule has 0 bridgehead atoms. The summed E-state index contributed by atoms with van der Waals surface area (Å²) < 4.78 is 71.9. The number of halogens is 3. The Kier molecular flexibility index (Phi) is 9.11. The molecule has 45 heavy (non-hydrogen) atoms. The zero-order valence-electron chi connectivity index (χ0n) is 24.5. The van der Waals surface area contributed by atoms with E-state index in [0.29, 0.717) is 22.8 Å². The van der Waals surface area contributed by atoms with Gasteiger partial charge in [-0.3, -0.25) is 4.72 Å². The molecule has 1 aliphatic heterocycles. The third-order valence-corrected chi connectivity index (χ3v) is 9.61. The van der Waals surface area contributed by atoms with Gasteiger partial charge in [0.05, 0.1) is 28.9 Å². The Morgan fingerprint density at radius 1 is 1.04 bits per heavy atom. The Hall–Kier alpha value is -3.94. The Labute approximate surface area is 264 Å². The van der Waals surface area contributed by atoms with E-state index in [4.69, 9.17) is 21.1 Å². The van der Waals surface area contributed by atoms with Crippen molar-refractivity contribution in [3.63, 3.8) is 0 Å². The monoisotopic (exact) mass is 657 g/mol. The van der Waals surface area contributed by atoms with Crippen LogP contribution in [-0.4, -0.2) is 73.6 Å². The lowest BCUT2D eigenvalue weighted by atomic mass is 9.86. The second kappa shape index (κ2) is 13.2. The summed E-state index contributed by atoms with van der Waals surface area (Å²) in [5.74, 6) is -1.13. The molecular weight excluding hydrogens is 626 g/mol. The second-order valence-corrected chi connectivity index (χ2v) is 13.2. The van der Waals surface area contributed by atoms with Crippen LogP contribution in [0.5, 0.6) is 5.88 Å². The Morgan fingerprint density at radius 3 is 2.58 bits per heavy atom. The molecule has 14 heteroatoms. The molecule has 0 amide bonds. The van der Waals surface area contributed by atoms with Crippen molar-refractivity contribution in [3.8, 4) is 17.0 Å². The predicted molar refractivity (Wildman–Crippen MR) is 168 cm³/mol. The number of ether oxygens (including phenoxy) is 2. The van der Waals surface area contributed by atoms with Crippen LogP contribution >= 0.6 is 11.6 Å². The summed E-state index contributed by atoms with van der Waals surface area (Å²) in [6, 6.07) is 8.14. The summed E-state index contributed by atoms with van der Waals surface area (Å²) in [6.45, 7) is 3.47. The largest absolute Gasteiger partial charge is 0.480 e. The minimum absolute atomic E-state index is 0.0405. The van der Waals surface area contributed by atoms with Crippen molar-refractivity contribution in [1.82, 2.24) is 15.0 Å². The first-order valence-corrected chi connectivity index (χ1v) is 16.5. The molecule has 2 aromatic heterocycles. The van der Waals surface area contributed by atoms with Crippen LogP contribution in [0.15, 0.2) is 53.7 Å². The Balaban J connectivity index is 1.18. The molecule has 1 saturated heterocycles. The normalized spacial score (nSPS) is 18.9. The van der Waals surface area contributed by atoms with Crippen molar-refractivity contribution < 1.29 is 31.2 Å². The van der Waals surface area contributed by atoms with Crippen molar-refractivity contribution in [3.05, 3.63) is 65.4 Å². The summed E-state index contributed by atoms with van der Waals surface area (Å²) >= 11 is 5.93. The van der Waals surface area contributed by atoms with E-state index in [-0.39, 0.29) is 22.5 Å². The van der Waals surface area contributed by atoms with Gasteiger partial charge < -0.3 is 14.8 Å². The van der Waals surface area contributed by atoms with Gasteiger partial charge in [-0.1, -0.05) is 17.7 Å². The molecule has 1 aliphatic carbocycles. The van der Waals surface area contributed by atoms with Gasteiger partial charge in [-0.15, -0.1) is 0 Å². The third kappa shape index (κ3) is 7.00. The van der Waals surface area contributed by atoms with Crippen LogP contribution in [0.3, 0.4) is 0 Å². The lowest BCUT2D eigenvalue weighted by molar-refractivity contribution is -0.547. The third-order valence-electron chi connectivity index (χ3n) is 8.04. The van der Waals surface area contributed by atoms with Crippen molar-refractivity contribution in [1.29, 1.82) is 0 Å². The first kappa shape index (κ1) is 31.1. The molecule has 0 unspecified atom stereocenters. The molecule has 10 nitrogen and oxygen atoms in total. The molecule has 2 fully saturated rings. The SMILES string of the molecule is COc1ncc(Cl)cc1S(=O)(=O)Nc1ccc(F)c(-c2ccc3nc(NC4CCC(C=[N+]5CCOCC5)CC4)ncc3c2)c1F. The fourth-order valence-corrected chi connectivity index (χ4v) is 7.16. The van der Waals surface area contributed by atoms with Crippen molar-refractivity contribution in [2.75, 3.05) is 43.5 Å². The minimum atomic E-state index is -4.39. The van der Waals surface area contributed by atoms with Crippen LogP contribution in [0.2, 0.25) is 5.02 Å². The second-order valence-electron chi connectivity index (χ2n) is 11.1. The van der Waals surface area contributed by atoms with Crippen molar-refractivity contribution in [2.45, 2.75) is 36.6 Å². The van der Waals surface area contributed by atoms with Crippen LogP contribution < -0.4 is 14.8 Å². The maximum absolute atomic E-state index is 15.7. The zero-order valence-corrected chi connectivity index (χ0v) is 26.0. The van der Waals surface area contributed by atoms with E-state index in [0.717, 1.165) is 70.2 Å². The highest BCUT2D eigenvalue weighted by atomic mass is 35.5. The van der Waals surface area contributed by atoms with Crippen LogP contribution in [0, 0.1) is 17.6 Å². The molecule has 0 atom stereocenters. The van der Waals surface area contributed by atoms with Gasteiger partial charge in [0.2, 0.25) is 11.8 Å². The van der Waals surface area contributed by atoms with E-state index in [1.54, 1.807) is 18.3 Å². The summed E-state index contributed by atoms with van der Waals surface area (Å²) in [4.78, 5) is 12.5. The lowest BCUT2D eigenvalue weighted by Crippen LogP contribution is -2.33. The lowest BCUT2D eigenvalue weighted by Gasteiger charge is -2.26. The van der Waals surface area contributed by atoms with Gasteiger partial charge in [0.15, 0.2) is 23.8 Å². The molecule has 2 aliphatic rings. The number of aromatic nitrogens is 3. The Bertz CT molecular complexity index is 1860. The predicted octanol–water partition coefficient (Wildman–Crippen LogP) is 5.52. The van der Waals surface area contributed by atoms with Gasteiger partial charge in [-0.05, 0) is 61.6 Å². The number of anilines is 2. The van der Waals surface area contributed by atoms with E-state index >= 15 is 8.78 Å². The van der Waals surface area contributed by atoms with Crippen molar-refractivity contribution in [2.24, 2.45) is 5.92 Å². The number of pyridine rings is 1. The quantitative estimate of drug-likeness (QED) is 0.238. The molecule has 4 aromatic rings. The number of hydrogen-bond acceptors (Lipinski definition) is 8. The number of nitrogens with zero attached hydrogens (tertiary/aromatic N) is 4. The van der Waals surface area contributed by atoms with Crippen LogP contribution in [0.25, 0.3) is 22.0 Å². The summed E-state index contributed by atoms with van der Waals surface area (Å²) in [5.41, 5.74) is -0.0637.